The van der Waals surface area contributed by atoms with E-state index in [-0.39, 0.29) is 5.91 Å². The van der Waals surface area contributed by atoms with Gasteiger partial charge in [-0.3, -0.25) is 4.79 Å². The lowest BCUT2D eigenvalue weighted by Gasteiger charge is -2.18. The molecule has 6 heteroatoms. The van der Waals surface area contributed by atoms with Crippen LogP contribution < -0.4 is 5.32 Å². The van der Waals surface area contributed by atoms with Gasteiger partial charge in [0.2, 0.25) is 0 Å². The third kappa shape index (κ3) is 3.96. The average Bonchev–Trinajstić information content (AvgIpc) is 3.25. The second kappa shape index (κ2) is 8.26. The number of para-hydroxylation sites is 1. The number of carbonyl (C=O) groups is 1. The molecule has 138 valence electrons. The Labute approximate surface area is 162 Å². The van der Waals surface area contributed by atoms with Crippen molar-refractivity contribution in [3.63, 3.8) is 0 Å². The SMILES string of the molecule is O=C(Nc1ccccc1Cc1ccccc1)[C@H](c1ccccc1)n1cnnn1. The monoisotopic (exact) mass is 369 g/mol. The number of hydrogen-bond donors (Lipinski definition) is 1. The summed E-state index contributed by atoms with van der Waals surface area (Å²) in [4.78, 5) is 13.2. The van der Waals surface area contributed by atoms with Crippen LogP contribution in [0.2, 0.25) is 0 Å². The first-order chi connectivity index (χ1) is 13.8. The predicted molar refractivity (Wildman–Crippen MR) is 107 cm³/mol. The van der Waals surface area contributed by atoms with Crippen LogP contribution in [0.15, 0.2) is 91.3 Å². The van der Waals surface area contributed by atoms with Crippen molar-refractivity contribution in [2.75, 3.05) is 5.32 Å². The van der Waals surface area contributed by atoms with Gasteiger partial charge in [0.15, 0.2) is 6.04 Å². The predicted octanol–water partition coefficient (Wildman–Crippen LogP) is 3.49. The van der Waals surface area contributed by atoms with Crippen LogP contribution in [0.5, 0.6) is 0 Å². The highest BCUT2D eigenvalue weighted by Gasteiger charge is 2.24. The minimum absolute atomic E-state index is 0.195. The van der Waals surface area contributed by atoms with Gasteiger partial charge in [-0.15, -0.1) is 5.10 Å². The molecule has 0 spiro atoms. The Bertz CT molecular complexity index is 1030. The van der Waals surface area contributed by atoms with Crippen molar-refractivity contribution in [1.82, 2.24) is 20.2 Å². The van der Waals surface area contributed by atoms with Crippen molar-refractivity contribution in [3.05, 3.63) is 108 Å². The van der Waals surface area contributed by atoms with E-state index >= 15 is 0 Å². The molecule has 0 aliphatic carbocycles. The summed E-state index contributed by atoms with van der Waals surface area (Å²) in [5, 5.41) is 14.4. The summed E-state index contributed by atoms with van der Waals surface area (Å²) in [6.07, 6.45) is 2.19. The number of rotatable bonds is 6. The second-order valence-corrected chi connectivity index (χ2v) is 6.41. The summed E-state index contributed by atoms with van der Waals surface area (Å²) in [5.41, 5.74) is 3.83. The number of carbonyl (C=O) groups excluding carboxylic acids is 1. The van der Waals surface area contributed by atoms with Gasteiger partial charge < -0.3 is 5.32 Å². The molecular weight excluding hydrogens is 350 g/mol. The van der Waals surface area contributed by atoms with E-state index in [4.69, 9.17) is 0 Å². The van der Waals surface area contributed by atoms with E-state index in [2.05, 4.69) is 33.0 Å². The molecule has 0 aliphatic heterocycles. The highest BCUT2D eigenvalue weighted by atomic mass is 16.2. The van der Waals surface area contributed by atoms with Crippen molar-refractivity contribution < 1.29 is 4.79 Å². The zero-order chi connectivity index (χ0) is 19.2. The topological polar surface area (TPSA) is 72.7 Å². The zero-order valence-electron chi connectivity index (χ0n) is 15.1. The van der Waals surface area contributed by atoms with Crippen molar-refractivity contribution in [2.24, 2.45) is 0 Å². The van der Waals surface area contributed by atoms with E-state index < -0.39 is 6.04 Å². The van der Waals surface area contributed by atoms with E-state index in [1.165, 1.54) is 16.6 Å². The molecule has 3 aromatic carbocycles. The Kier molecular flexibility index (Phi) is 5.20. The smallest absolute Gasteiger partial charge is 0.253 e. The maximum atomic E-state index is 13.2. The largest absolute Gasteiger partial charge is 0.324 e. The maximum Gasteiger partial charge on any atom is 0.253 e. The number of nitrogens with zero attached hydrogens (tertiary/aromatic N) is 4. The molecule has 1 atom stereocenters. The first-order valence-electron chi connectivity index (χ1n) is 9.01. The number of hydrogen-bond acceptors (Lipinski definition) is 4. The van der Waals surface area contributed by atoms with Gasteiger partial charge in [-0.2, -0.15) is 0 Å². The second-order valence-electron chi connectivity index (χ2n) is 6.41. The summed E-state index contributed by atoms with van der Waals surface area (Å²) < 4.78 is 1.46. The fourth-order valence-corrected chi connectivity index (χ4v) is 3.16. The van der Waals surface area contributed by atoms with E-state index in [0.29, 0.717) is 0 Å². The van der Waals surface area contributed by atoms with Gasteiger partial charge in [0.1, 0.15) is 6.33 Å². The number of aromatic nitrogens is 4. The van der Waals surface area contributed by atoms with E-state index in [1.54, 1.807) is 0 Å². The molecule has 0 fully saturated rings. The van der Waals surface area contributed by atoms with Crippen LogP contribution in [-0.2, 0) is 11.2 Å². The molecule has 4 aromatic rings. The molecule has 0 radical (unpaired) electrons. The summed E-state index contributed by atoms with van der Waals surface area (Å²) in [6, 6.07) is 26.8. The molecule has 1 amide bonds. The molecule has 6 nitrogen and oxygen atoms in total. The molecule has 1 N–H and O–H groups in total. The molecule has 0 bridgehead atoms. The van der Waals surface area contributed by atoms with Crippen LogP contribution in [-0.4, -0.2) is 26.1 Å². The lowest BCUT2D eigenvalue weighted by Crippen LogP contribution is -2.28. The molecule has 0 aliphatic rings. The van der Waals surface area contributed by atoms with Crippen LogP contribution in [0.25, 0.3) is 0 Å². The van der Waals surface area contributed by atoms with Gasteiger partial charge >= 0.3 is 0 Å². The van der Waals surface area contributed by atoms with Crippen LogP contribution in [0.3, 0.4) is 0 Å². The van der Waals surface area contributed by atoms with Crippen molar-refractivity contribution in [3.8, 4) is 0 Å². The molecule has 0 saturated carbocycles. The Balaban J connectivity index is 1.62. The quantitative estimate of drug-likeness (QED) is 0.565. The van der Waals surface area contributed by atoms with E-state index in [0.717, 1.165) is 23.2 Å². The summed E-state index contributed by atoms with van der Waals surface area (Å²) in [6.45, 7) is 0. The Morgan fingerprint density at radius 2 is 1.57 bits per heavy atom. The van der Waals surface area contributed by atoms with Crippen molar-refractivity contribution >= 4 is 11.6 Å². The average molecular weight is 369 g/mol. The summed E-state index contributed by atoms with van der Waals surface area (Å²) in [5.74, 6) is -0.195. The van der Waals surface area contributed by atoms with E-state index in [9.17, 15) is 4.79 Å². The third-order valence-electron chi connectivity index (χ3n) is 4.51. The van der Waals surface area contributed by atoms with E-state index in [1.807, 2.05) is 72.8 Å². The molecule has 4 rings (SSSR count). The van der Waals surface area contributed by atoms with Gasteiger partial charge in [0.25, 0.3) is 5.91 Å². The van der Waals surface area contributed by atoms with Gasteiger partial charge in [-0.1, -0.05) is 78.9 Å². The maximum absolute atomic E-state index is 13.2. The molecular formula is C22H19N5O. The van der Waals surface area contributed by atoms with Crippen molar-refractivity contribution in [1.29, 1.82) is 0 Å². The van der Waals surface area contributed by atoms with Crippen LogP contribution >= 0.6 is 0 Å². The van der Waals surface area contributed by atoms with Gasteiger partial charge in [0, 0.05) is 5.69 Å². The zero-order valence-corrected chi connectivity index (χ0v) is 15.1. The molecule has 1 aromatic heterocycles. The molecule has 0 unspecified atom stereocenters. The summed E-state index contributed by atoms with van der Waals surface area (Å²) in [7, 11) is 0. The highest BCUT2D eigenvalue weighted by molar-refractivity contribution is 5.96. The van der Waals surface area contributed by atoms with Crippen LogP contribution in [0, 0.1) is 0 Å². The number of amides is 1. The van der Waals surface area contributed by atoms with Crippen LogP contribution in [0.1, 0.15) is 22.7 Å². The minimum Gasteiger partial charge on any atom is -0.324 e. The highest BCUT2D eigenvalue weighted by Crippen LogP contribution is 2.23. The minimum atomic E-state index is -0.652. The molecule has 1 heterocycles. The number of benzene rings is 3. The number of anilines is 1. The lowest BCUT2D eigenvalue weighted by atomic mass is 10.0. The third-order valence-corrected chi connectivity index (χ3v) is 4.51. The Morgan fingerprint density at radius 3 is 2.29 bits per heavy atom. The fraction of sp³-hybridized carbons (Fsp3) is 0.0909. The summed E-state index contributed by atoms with van der Waals surface area (Å²) >= 11 is 0. The number of tetrazole rings is 1. The molecule has 0 saturated heterocycles. The fourth-order valence-electron chi connectivity index (χ4n) is 3.16. The molecule has 28 heavy (non-hydrogen) atoms. The Hall–Kier alpha value is -3.80. The van der Waals surface area contributed by atoms with Gasteiger partial charge in [0.05, 0.1) is 0 Å². The van der Waals surface area contributed by atoms with Crippen LogP contribution in [0.4, 0.5) is 5.69 Å². The first-order valence-corrected chi connectivity index (χ1v) is 9.01. The Morgan fingerprint density at radius 1 is 0.893 bits per heavy atom. The standard InChI is InChI=1S/C22H19N5O/c28-22(21(27-16-23-25-26-27)18-11-5-2-6-12-18)24-20-14-8-7-13-19(20)15-17-9-3-1-4-10-17/h1-14,16,21H,15H2,(H,24,28)/t21-/m0/s1. The number of nitrogens with one attached hydrogen (secondary N) is 1. The first kappa shape index (κ1) is 17.6. The van der Waals surface area contributed by atoms with Crippen molar-refractivity contribution in [2.45, 2.75) is 12.5 Å². The normalized spacial score (nSPS) is 11.7. The van der Waals surface area contributed by atoms with Gasteiger partial charge in [-0.05, 0) is 39.6 Å². The van der Waals surface area contributed by atoms with Gasteiger partial charge in [-0.25, -0.2) is 4.68 Å². The lowest BCUT2D eigenvalue weighted by molar-refractivity contribution is -0.118.